The molecule has 0 radical (unpaired) electrons. The Bertz CT molecular complexity index is 1030. The summed E-state index contributed by atoms with van der Waals surface area (Å²) in [6, 6.07) is 13.1. The van der Waals surface area contributed by atoms with Crippen molar-refractivity contribution in [3.05, 3.63) is 71.0 Å². The van der Waals surface area contributed by atoms with Crippen LogP contribution >= 0.6 is 11.6 Å². The predicted molar refractivity (Wildman–Crippen MR) is 116 cm³/mol. The van der Waals surface area contributed by atoms with Gasteiger partial charge in [-0.15, -0.1) is 0 Å². The van der Waals surface area contributed by atoms with E-state index in [0.29, 0.717) is 36.0 Å². The minimum atomic E-state index is -0.218. The van der Waals surface area contributed by atoms with Gasteiger partial charge in [-0.2, -0.15) is 10.2 Å². The highest BCUT2D eigenvalue weighted by molar-refractivity contribution is 6.30. The second-order valence-electron chi connectivity index (χ2n) is 7.12. The summed E-state index contributed by atoms with van der Waals surface area (Å²) in [6.07, 6.45) is 3.23. The van der Waals surface area contributed by atoms with Gasteiger partial charge in [-0.3, -0.25) is 4.79 Å². The number of halogens is 1. The lowest BCUT2D eigenvalue weighted by Crippen LogP contribution is -2.44. The van der Waals surface area contributed by atoms with Crippen LogP contribution in [0.15, 0.2) is 54.9 Å². The summed E-state index contributed by atoms with van der Waals surface area (Å²) >= 11 is 5.94. The molecule has 1 amide bonds. The first kappa shape index (κ1) is 20.3. The zero-order chi connectivity index (χ0) is 20.9. The number of nitrogens with zero attached hydrogens (tertiary/aromatic N) is 4. The molecule has 0 aliphatic carbocycles. The number of pyridine rings is 1. The Kier molecular flexibility index (Phi) is 6.21. The quantitative estimate of drug-likeness (QED) is 0.677. The van der Waals surface area contributed by atoms with Crippen LogP contribution in [0.25, 0.3) is 11.3 Å². The van der Waals surface area contributed by atoms with E-state index in [1.165, 1.54) is 6.20 Å². The summed E-state index contributed by atoms with van der Waals surface area (Å²) in [5.41, 5.74) is 2.86. The van der Waals surface area contributed by atoms with Gasteiger partial charge in [0.05, 0.1) is 36.7 Å². The molecule has 0 saturated carbocycles. The molecule has 1 aliphatic heterocycles. The molecule has 3 aromatic rings. The molecule has 4 rings (SSSR count). The SMILES string of the molecule is CC1COCCN1c1ncccc1CNC(=O)c1cnnc(-c2ccc(Cl)cc2)c1. The van der Waals surface area contributed by atoms with Crippen molar-refractivity contribution in [1.82, 2.24) is 20.5 Å². The maximum atomic E-state index is 12.8. The molecule has 154 valence electrons. The van der Waals surface area contributed by atoms with E-state index in [1.54, 1.807) is 24.4 Å². The Morgan fingerprint density at radius 2 is 2.13 bits per heavy atom. The fraction of sp³-hybridized carbons (Fsp3) is 0.273. The van der Waals surface area contributed by atoms with Gasteiger partial charge in [0.25, 0.3) is 5.91 Å². The first-order valence-corrected chi connectivity index (χ1v) is 10.1. The Morgan fingerprint density at radius 1 is 1.30 bits per heavy atom. The van der Waals surface area contributed by atoms with E-state index in [4.69, 9.17) is 16.3 Å². The van der Waals surface area contributed by atoms with E-state index in [2.05, 4.69) is 32.3 Å². The van der Waals surface area contributed by atoms with Crippen molar-refractivity contribution in [2.24, 2.45) is 0 Å². The van der Waals surface area contributed by atoms with E-state index in [1.807, 2.05) is 24.3 Å². The topological polar surface area (TPSA) is 80.2 Å². The van der Waals surface area contributed by atoms with Crippen LogP contribution < -0.4 is 10.2 Å². The highest BCUT2D eigenvalue weighted by Gasteiger charge is 2.22. The first-order valence-electron chi connectivity index (χ1n) is 9.77. The molecule has 30 heavy (non-hydrogen) atoms. The molecule has 1 unspecified atom stereocenters. The van der Waals surface area contributed by atoms with E-state index in [0.717, 1.165) is 23.5 Å². The number of morpholine rings is 1. The fourth-order valence-electron chi connectivity index (χ4n) is 3.40. The van der Waals surface area contributed by atoms with Crippen LogP contribution in [0, 0.1) is 0 Å². The fourth-order valence-corrected chi connectivity index (χ4v) is 3.52. The van der Waals surface area contributed by atoms with Crippen LogP contribution in [0.1, 0.15) is 22.8 Å². The molecule has 1 aromatic carbocycles. The van der Waals surface area contributed by atoms with Gasteiger partial charge in [0, 0.05) is 35.4 Å². The molecule has 1 N–H and O–H groups in total. The Labute approximate surface area is 180 Å². The lowest BCUT2D eigenvalue weighted by molar-refractivity contribution is 0.0948. The zero-order valence-corrected chi connectivity index (χ0v) is 17.3. The zero-order valence-electron chi connectivity index (χ0n) is 16.6. The van der Waals surface area contributed by atoms with Crippen molar-refractivity contribution in [3.8, 4) is 11.3 Å². The van der Waals surface area contributed by atoms with Crippen molar-refractivity contribution in [3.63, 3.8) is 0 Å². The molecule has 0 spiro atoms. The highest BCUT2D eigenvalue weighted by Crippen LogP contribution is 2.22. The third kappa shape index (κ3) is 4.58. The van der Waals surface area contributed by atoms with E-state index >= 15 is 0 Å². The highest BCUT2D eigenvalue weighted by atomic mass is 35.5. The summed E-state index contributed by atoms with van der Waals surface area (Å²) < 4.78 is 5.52. The first-order chi connectivity index (χ1) is 14.6. The Morgan fingerprint density at radius 3 is 2.93 bits per heavy atom. The van der Waals surface area contributed by atoms with Gasteiger partial charge >= 0.3 is 0 Å². The standard InChI is InChI=1S/C22H22ClN5O2/c1-15-14-30-10-9-28(15)21-17(3-2-8-24-21)12-25-22(29)18-11-20(27-26-13-18)16-4-6-19(23)7-5-16/h2-8,11,13,15H,9-10,12,14H2,1H3,(H,25,29). The maximum absolute atomic E-state index is 12.8. The molecule has 7 nitrogen and oxygen atoms in total. The number of rotatable bonds is 5. The van der Waals surface area contributed by atoms with Crippen molar-refractivity contribution in [2.45, 2.75) is 19.5 Å². The number of hydrogen-bond donors (Lipinski definition) is 1. The van der Waals surface area contributed by atoms with Crippen LogP contribution in [-0.2, 0) is 11.3 Å². The largest absolute Gasteiger partial charge is 0.377 e. The number of anilines is 1. The molecular formula is C22H22ClN5O2. The molecule has 1 atom stereocenters. The van der Waals surface area contributed by atoms with Crippen molar-refractivity contribution < 1.29 is 9.53 Å². The Hall–Kier alpha value is -3.03. The molecule has 1 fully saturated rings. The summed E-state index contributed by atoms with van der Waals surface area (Å²) in [4.78, 5) is 19.5. The summed E-state index contributed by atoms with van der Waals surface area (Å²) in [5, 5.41) is 11.7. The smallest absolute Gasteiger partial charge is 0.253 e. The average Bonchev–Trinajstić information content (AvgIpc) is 2.79. The molecule has 0 bridgehead atoms. The number of ether oxygens (including phenoxy) is 1. The number of benzene rings is 1. The monoisotopic (exact) mass is 423 g/mol. The molecule has 2 aromatic heterocycles. The second kappa shape index (κ2) is 9.19. The summed E-state index contributed by atoms with van der Waals surface area (Å²) in [6.45, 7) is 4.58. The third-order valence-corrected chi connectivity index (χ3v) is 5.26. The van der Waals surface area contributed by atoms with Crippen molar-refractivity contribution in [1.29, 1.82) is 0 Å². The van der Waals surface area contributed by atoms with Gasteiger partial charge in [0.1, 0.15) is 5.82 Å². The van der Waals surface area contributed by atoms with Gasteiger partial charge in [0.2, 0.25) is 0 Å². The number of nitrogens with one attached hydrogen (secondary N) is 1. The molecule has 8 heteroatoms. The van der Waals surface area contributed by atoms with Gasteiger partial charge in [-0.1, -0.05) is 29.8 Å². The van der Waals surface area contributed by atoms with Gasteiger partial charge in [-0.05, 0) is 31.2 Å². The Balaban J connectivity index is 1.48. The van der Waals surface area contributed by atoms with E-state index in [9.17, 15) is 4.79 Å². The van der Waals surface area contributed by atoms with Crippen LogP contribution in [0.3, 0.4) is 0 Å². The molecule has 1 saturated heterocycles. The number of amides is 1. The van der Waals surface area contributed by atoms with Crippen LogP contribution in [0.4, 0.5) is 5.82 Å². The van der Waals surface area contributed by atoms with Crippen LogP contribution in [0.2, 0.25) is 5.02 Å². The van der Waals surface area contributed by atoms with Gasteiger partial charge < -0.3 is 15.0 Å². The second-order valence-corrected chi connectivity index (χ2v) is 7.56. The van der Waals surface area contributed by atoms with E-state index < -0.39 is 0 Å². The summed E-state index contributed by atoms with van der Waals surface area (Å²) in [5.74, 6) is 0.660. The van der Waals surface area contributed by atoms with Crippen LogP contribution in [-0.4, -0.2) is 46.9 Å². The molecular weight excluding hydrogens is 402 g/mol. The number of carbonyl (C=O) groups excluding carboxylic acids is 1. The van der Waals surface area contributed by atoms with E-state index in [-0.39, 0.29) is 11.9 Å². The van der Waals surface area contributed by atoms with Crippen molar-refractivity contribution in [2.75, 3.05) is 24.7 Å². The summed E-state index contributed by atoms with van der Waals surface area (Å²) in [7, 11) is 0. The predicted octanol–water partition coefficient (Wildman–Crippen LogP) is 3.35. The lowest BCUT2D eigenvalue weighted by Gasteiger charge is -2.35. The average molecular weight is 424 g/mol. The molecule has 3 heterocycles. The van der Waals surface area contributed by atoms with Crippen molar-refractivity contribution >= 4 is 23.3 Å². The van der Waals surface area contributed by atoms with Gasteiger partial charge in [0.15, 0.2) is 0 Å². The van der Waals surface area contributed by atoms with Gasteiger partial charge in [-0.25, -0.2) is 4.98 Å². The normalized spacial score (nSPS) is 16.3. The minimum Gasteiger partial charge on any atom is -0.377 e. The van der Waals surface area contributed by atoms with Crippen LogP contribution in [0.5, 0.6) is 0 Å². The third-order valence-electron chi connectivity index (χ3n) is 5.00. The maximum Gasteiger partial charge on any atom is 0.253 e. The lowest BCUT2D eigenvalue weighted by atomic mass is 10.1. The molecule has 1 aliphatic rings. The minimum absolute atomic E-state index is 0.218. The number of carbonyl (C=O) groups is 1. The number of hydrogen-bond acceptors (Lipinski definition) is 6. The number of aromatic nitrogens is 3.